The van der Waals surface area contributed by atoms with Crippen LogP contribution in [0.2, 0.25) is 5.02 Å². The van der Waals surface area contributed by atoms with Crippen LogP contribution in [0.4, 0.5) is 16.0 Å². The molecule has 11 heteroatoms. The van der Waals surface area contributed by atoms with Gasteiger partial charge in [0.25, 0.3) is 5.91 Å². The van der Waals surface area contributed by atoms with Gasteiger partial charge in [-0.1, -0.05) is 23.7 Å². The van der Waals surface area contributed by atoms with Crippen molar-refractivity contribution < 1.29 is 17.6 Å². The maximum atomic E-state index is 13.5. The van der Waals surface area contributed by atoms with Crippen molar-refractivity contribution in [3.8, 4) is 0 Å². The summed E-state index contributed by atoms with van der Waals surface area (Å²) >= 11 is 6.35. The number of carbonyl (C=O) groups excluding carboxylic acids is 1. The largest absolute Gasteiger partial charge is 0.369 e. The fourth-order valence-corrected chi connectivity index (χ4v) is 6.87. The first-order valence-electron chi connectivity index (χ1n) is 11.9. The van der Waals surface area contributed by atoms with Crippen LogP contribution in [0.1, 0.15) is 10.4 Å². The van der Waals surface area contributed by atoms with Gasteiger partial charge < -0.3 is 9.47 Å². The molecule has 0 spiro atoms. The maximum absolute atomic E-state index is 13.5. The molecule has 0 radical (unpaired) electrons. The Morgan fingerprint density at radius 2 is 1.62 bits per heavy atom. The summed E-state index contributed by atoms with van der Waals surface area (Å²) in [5.74, 6) is -0.106. The highest BCUT2D eigenvalue weighted by Gasteiger charge is 2.33. The summed E-state index contributed by atoms with van der Waals surface area (Å²) in [4.78, 5) is 21.6. The highest BCUT2D eigenvalue weighted by Crippen LogP contribution is 2.31. The van der Waals surface area contributed by atoms with Crippen LogP contribution in [0.25, 0.3) is 11.0 Å². The number of imidazole rings is 1. The minimum absolute atomic E-state index is 0.0613. The zero-order valence-corrected chi connectivity index (χ0v) is 21.3. The van der Waals surface area contributed by atoms with E-state index in [2.05, 4.69) is 4.98 Å². The number of aromatic nitrogens is 2. The Balaban J connectivity index is 1.24. The molecular formula is C26H23ClFN5O3S. The van der Waals surface area contributed by atoms with Crippen molar-refractivity contribution in [2.24, 2.45) is 0 Å². The molecule has 0 unspecified atom stereocenters. The Labute approximate surface area is 218 Å². The van der Waals surface area contributed by atoms with Crippen molar-refractivity contribution in [1.29, 1.82) is 0 Å². The van der Waals surface area contributed by atoms with Crippen molar-refractivity contribution in [3.05, 3.63) is 83.1 Å². The number of benzene rings is 3. The van der Waals surface area contributed by atoms with E-state index in [1.54, 1.807) is 23.1 Å². The molecule has 0 saturated carbocycles. The average molecular weight is 540 g/mol. The lowest BCUT2D eigenvalue weighted by Gasteiger charge is -2.35. The second-order valence-corrected chi connectivity index (χ2v) is 11.3. The van der Waals surface area contributed by atoms with Crippen LogP contribution in [0.3, 0.4) is 0 Å². The second-order valence-electron chi connectivity index (χ2n) is 9.02. The Bertz CT molecular complexity index is 1620. The van der Waals surface area contributed by atoms with Crippen molar-refractivity contribution in [2.45, 2.75) is 11.4 Å². The fraction of sp³-hybridized carbons (Fsp3) is 0.231. The van der Waals surface area contributed by atoms with Gasteiger partial charge in [-0.2, -0.15) is 4.31 Å². The van der Waals surface area contributed by atoms with E-state index in [0.717, 1.165) is 16.7 Å². The van der Waals surface area contributed by atoms with E-state index < -0.39 is 10.0 Å². The summed E-state index contributed by atoms with van der Waals surface area (Å²) in [6, 6.07) is 18.2. The molecule has 37 heavy (non-hydrogen) atoms. The number of para-hydroxylation sites is 2. The Kier molecular flexibility index (Phi) is 5.89. The van der Waals surface area contributed by atoms with Crippen LogP contribution >= 0.6 is 11.6 Å². The topological polar surface area (TPSA) is 78.8 Å². The van der Waals surface area contributed by atoms with Crippen molar-refractivity contribution in [3.63, 3.8) is 0 Å². The standard InChI is InChI=1S/C26H23ClFN5O3S/c27-21-10-5-18(25(34)33-16-15-32-23-4-2-1-3-22(23)29-26(32)33)17-24(21)37(35,36)31-13-11-30(12-14-31)20-8-6-19(28)7-9-20/h1-10,17H,11-16H2. The molecule has 1 fully saturated rings. The molecule has 2 aliphatic heterocycles. The van der Waals surface area contributed by atoms with Crippen LogP contribution in [-0.2, 0) is 16.6 Å². The number of sulfonamides is 1. The molecule has 6 rings (SSSR count). The van der Waals surface area contributed by atoms with Gasteiger partial charge in [-0.25, -0.2) is 17.8 Å². The predicted molar refractivity (Wildman–Crippen MR) is 140 cm³/mol. The number of hydrogen-bond donors (Lipinski definition) is 0. The summed E-state index contributed by atoms with van der Waals surface area (Å²) in [5, 5.41) is 0.0613. The summed E-state index contributed by atoms with van der Waals surface area (Å²) in [6.45, 7) is 2.44. The maximum Gasteiger partial charge on any atom is 0.260 e. The van der Waals surface area contributed by atoms with E-state index >= 15 is 0 Å². The summed E-state index contributed by atoms with van der Waals surface area (Å²) in [6.07, 6.45) is 0. The predicted octanol–water partition coefficient (Wildman–Crippen LogP) is 4.00. The molecule has 0 atom stereocenters. The zero-order chi connectivity index (χ0) is 25.7. The van der Waals surface area contributed by atoms with Gasteiger partial charge in [0, 0.05) is 50.5 Å². The van der Waals surface area contributed by atoms with E-state index in [1.807, 2.05) is 33.7 Å². The number of rotatable bonds is 4. The summed E-state index contributed by atoms with van der Waals surface area (Å²) in [7, 11) is -3.94. The quantitative estimate of drug-likeness (QED) is 0.392. The van der Waals surface area contributed by atoms with Crippen LogP contribution in [0.15, 0.2) is 71.6 Å². The third kappa shape index (κ3) is 4.14. The number of piperazine rings is 1. The van der Waals surface area contributed by atoms with Crippen LogP contribution in [0.5, 0.6) is 0 Å². The number of halogens is 2. The molecule has 1 amide bonds. The first-order valence-corrected chi connectivity index (χ1v) is 13.7. The third-order valence-electron chi connectivity index (χ3n) is 6.89. The first kappa shape index (κ1) is 23.9. The Morgan fingerprint density at radius 3 is 2.38 bits per heavy atom. The monoisotopic (exact) mass is 539 g/mol. The molecule has 3 heterocycles. The van der Waals surface area contributed by atoms with E-state index in [0.29, 0.717) is 32.1 Å². The van der Waals surface area contributed by atoms with Crippen molar-refractivity contribution in [1.82, 2.24) is 13.9 Å². The van der Waals surface area contributed by atoms with Gasteiger partial charge >= 0.3 is 0 Å². The molecule has 4 aromatic rings. The number of nitrogens with zero attached hydrogens (tertiary/aromatic N) is 5. The van der Waals surface area contributed by atoms with Gasteiger partial charge in [0.05, 0.1) is 16.1 Å². The smallest absolute Gasteiger partial charge is 0.260 e. The van der Waals surface area contributed by atoms with Crippen molar-refractivity contribution in [2.75, 3.05) is 42.5 Å². The number of anilines is 2. The summed E-state index contributed by atoms with van der Waals surface area (Å²) < 4.78 is 43.7. The lowest BCUT2D eigenvalue weighted by molar-refractivity contribution is 0.0988. The molecule has 190 valence electrons. The van der Waals surface area contributed by atoms with Gasteiger partial charge in [0.1, 0.15) is 10.7 Å². The lowest BCUT2D eigenvalue weighted by Crippen LogP contribution is -2.48. The van der Waals surface area contributed by atoms with Gasteiger partial charge in [-0.15, -0.1) is 0 Å². The highest BCUT2D eigenvalue weighted by molar-refractivity contribution is 7.89. The Morgan fingerprint density at radius 1 is 0.892 bits per heavy atom. The van der Waals surface area contributed by atoms with E-state index in [-0.39, 0.29) is 40.3 Å². The van der Waals surface area contributed by atoms with Crippen LogP contribution in [-0.4, -0.2) is 60.9 Å². The lowest BCUT2D eigenvalue weighted by atomic mass is 10.2. The van der Waals surface area contributed by atoms with E-state index in [1.165, 1.54) is 28.6 Å². The minimum atomic E-state index is -3.94. The average Bonchev–Trinajstić information content (AvgIpc) is 3.48. The number of amides is 1. The Hall–Kier alpha value is -3.47. The van der Waals surface area contributed by atoms with Crippen LogP contribution < -0.4 is 9.80 Å². The highest BCUT2D eigenvalue weighted by atomic mass is 35.5. The fourth-order valence-electron chi connectivity index (χ4n) is 4.95. The van der Waals surface area contributed by atoms with Gasteiger partial charge in [-0.3, -0.25) is 9.69 Å². The normalized spacial score (nSPS) is 16.4. The number of carbonyl (C=O) groups is 1. The van der Waals surface area contributed by atoms with E-state index in [9.17, 15) is 17.6 Å². The molecule has 0 N–H and O–H groups in total. The first-order chi connectivity index (χ1) is 17.8. The molecule has 1 aromatic heterocycles. The van der Waals surface area contributed by atoms with Gasteiger partial charge in [0.2, 0.25) is 16.0 Å². The molecule has 1 saturated heterocycles. The SMILES string of the molecule is O=C(c1ccc(Cl)c(S(=O)(=O)N2CCN(c3ccc(F)cc3)CC2)c1)N1CCn2c1nc1ccccc12. The second kappa shape index (κ2) is 9.13. The summed E-state index contributed by atoms with van der Waals surface area (Å²) in [5.41, 5.74) is 2.82. The molecule has 8 nitrogen and oxygen atoms in total. The van der Waals surface area contributed by atoms with Crippen LogP contribution in [0, 0.1) is 5.82 Å². The zero-order valence-electron chi connectivity index (χ0n) is 19.7. The third-order valence-corrected chi connectivity index (χ3v) is 9.27. The minimum Gasteiger partial charge on any atom is -0.369 e. The molecule has 3 aromatic carbocycles. The number of hydrogen-bond acceptors (Lipinski definition) is 5. The van der Waals surface area contributed by atoms with Gasteiger partial charge in [0.15, 0.2) is 0 Å². The molecule has 2 aliphatic rings. The van der Waals surface area contributed by atoms with Gasteiger partial charge in [-0.05, 0) is 54.6 Å². The van der Waals surface area contributed by atoms with E-state index in [4.69, 9.17) is 11.6 Å². The molecule has 0 aliphatic carbocycles. The van der Waals surface area contributed by atoms with Crippen molar-refractivity contribution >= 4 is 50.2 Å². The molecular weight excluding hydrogens is 517 g/mol. The molecule has 0 bridgehead atoms. The number of fused-ring (bicyclic) bond motifs is 3.